The molecular formula is C19H17FN2O3. The lowest BCUT2D eigenvalue weighted by Gasteiger charge is -2.34. The molecule has 1 aliphatic rings. The van der Waals surface area contributed by atoms with Gasteiger partial charge in [0, 0.05) is 29.9 Å². The second-order valence-corrected chi connectivity index (χ2v) is 6.05. The first-order chi connectivity index (χ1) is 12.0. The lowest BCUT2D eigenvalue weighted by Crippen LogP contribution is -2.41. The maximum atomic E-state index is 13.4. The van der Waals surface area contributed by atoms with Crippen LogP contribution in [0.25, 0.3) is 6.08 Å². The molecule has 0 aliphatic carbocycles. The molecule has 0 spiro atoms. The topological polar surface area (TPSA) is 63.5 Å². The summed E-state index contributed by atoms with van der Waals surface area (Å²) >= 11 is 0. The van der Waals surface area contributed by atoms with E-state index in [4.69, 9.17) is 0 Å². The molecular weight excluding hydrogens is 323 g/mol. The number of carbonyl (C=O) groups excluding carboxylic acids is 1. The van der Waals surface area contributed by atoms with Crippen LogP contribution in [0.5, 0.6) is 0 Å². The number of nitro groups is 1. The van der Waals surface area contributed by atoms with Crippen LogP contribution in [0.3, 0.4) is 0 Å². The Bertz CT molecular complexity index is 863. The van der Waals surface area contributed by atoms with Crippen LogP contribution < -0.4 is 4.90 Å². The zero-order valence-corrected chi connectivity index (χ0v) is 13.7. The first kappa shape index (κ1) is 16.8. The van der Waals surface area contributed by atoms with Crippen LogP contribution in [0.2, 0.25) is 0 Å². The molecule has 1 amide bonds. The summed E-state index contributed by atoms with van der Waals surface area (Å²) in [7, 11) is 0. The van der Waals surface area contributed by atoms with Gasteiger partial charge < -0.3 is 4.90 Å². The first-order valence-electron chi connectivity index (χ1n) is 8.00. The molecule has 0 radical (unpaired) electrons. The monoisotopic (exact) mass is 340 g/mol. The Morgan fingerprint density at radius 1 is 1.32 bits per heavy atom. The number of carbonyl (C=O) groups is 1. The molecule has 1 unspecified atom stereocenters. The van der Waals surface area contributed by atoms with Gasteiger partial charge in [-0.1, -0.05) is 12.1 Å². The van der Waals surface area contributed by atoms with E-state index in [1.54, 1.807) is 29.2 Å². The lowest BCUT2D eigenvalue weighted by molar-refractivity contribution is -0.384. The molecule has 25 heavy (non-hydrogen) atoms. The Morgan fingerprint density at radius 2 is 2.12 bits per heavy atom. The Labute approximate surface area is 144 Å². The van der Waals surface area contributed by atoms with Crippen LogP contribution in [-0.4, -0.2) is 16.9 Å². The fourth-order valence-electron chi connectivity index (χ4n) is 3.05. The van der Waals surface area contributed by atoms with E-state index < -0.39 is 4.92 Å². The van der Waals surface area contributed by atoms with E-state index >= 15 is 0 Å². The average molecular weight is 340 g/mol. The van der Waals surface area contributed by atoms with Gasteiger partial charge in [0.25, 0.3) is 11.6 Å². The number of rotatable bonds is 3. The van der Waals surface area contributed by atoms with Crippen molar-refractivity contribution in [2.24, 2.45) is 0 Å². The van der Waals surface area contributed by atoms with Gasteiger partial charge in [0.05, 0.1) is 4.92 Å². The summed E-state index contributed by atoms with van der Waals surface area (Å²) in [5.41, 5.74) is 2.08. The smallest absolute Gasteiger partial charge is 0.270 e. The minimum atomic E-state index is -0.476. The number of aryl methyl sites for hydroxylation is 1. The fraction of sp³-hybridized carbons (Fsp3) is 0.211. The van der Waals surface area contributed by atoms with Crippen molar-refractivity contribution in [2.45, 2.75) is 25.8 Å². The predicted octanol–water partition coefficient (Wildman–Crippen LogP) is 4.12. The maximum Gasteiger partial charge on any atom is 0.270 e. The predicted molar refractivity (Wildman–Crippen MR) is 93.8 cm³/mol. The normalized spacial score (nSPS) is 16.7. The van der Waals surface area contributed by atoms with E-state index in [9.17, 15) is 19.3 Å². The van der Waals surface area contributed by atoms with E-state index in [1.807, 2.05) is 6.92 Å². The number of anilines is 1. The Balaban J connectivity index is 1.86. The molecule has 5 nitrogen and oxygen atoms in total. The van der Waals surface area contributed by atoms with Crippen LogP contribution in [0, 0.1) is 15.9 Å². The molecule has 0 N–H and O–H groups in total. The van der Waals surface area contributed by atoms with Gasteiger partial charge in [-0.2, -0.15) is 0 Å². The first-order valence-corrected chi connectivity index (χ1v) is 8.00. The van der Waals surface area contributed by atoms with Gasteiger partial charge in [-0.05, 0) is 55.2 Å². The molecule has 0 aromatic heterocycles. The van der Waals surface area contributed by atoms with Gasteiger partial charge in [0.2, 0.25) is 0 Å². The van der Waals surface area contributed by atoms with Gasteiger partial charge >= 0.3 is 0 Å². The molecule has 0 saturated carbocycles. The number of amides is 1. The Hall–Kier alpha value is -3.02. The fourth-order valence-corrected chi connectivity index (χ4v) is 3.05. The average Bonchev–Trinajstić information content (AvgIpc) is 2.60. The zero-order chi connectivity index (χ0) is 18.0. The molecule has 1 aliphatic heterocycles. The van der Waals surface area contributed by atoms with Crippen molar-refractivity contribution in [1.82, 2.24) is 0 Å². The summed E-state index contributed by atoms with van der Waals surface area (Å²) in [5, 5.41) is 10.8. The summed E-state index contributed by atoms with van der Waals surface area (Å²) in [5.74, 6) is -0.542. The Morgan fingerprint density at radius 3 is 2.88 bits per heavy atom. The van der Waals surface area contributed by atoms with Gasteiger partial charge in [0.1, 0.15) is 5.82 Å². The second kappa shape index (κ2) is 6.84. The Kier molecular flexibility index (Phi) is 4.61. The lowest BCUT2D eigenvalue weighted by atomic mass is 9.96. The highest BCUT2D eigenvalue weighted by Crippen LogP contribution is 2.31. The maximum absolute atomic E-state index is 13.4. The van der Waals surface area contributed by atoms with Gasteiger partial charge in [-0.15, -0.1) is 0 Å². The van der Waals surface area contributed by atoms with Gasteiger partial charge in [0.15, 0.2) is 0 Å². The summed E-state index contributed by atoms with van der Waals surface area (Å²) < 4.78 is 13.4. The molecule has 2 aromatic rings. The molecule has 0 saturated heterocycles. The molecule has 0 bridgehead atoms. The van der Waals surface area contributed by atoms with Gasteiger partial charge in [-0.3, -0.25) is 14.9 Å². The third kappa shape index (κ3) is 3.57. The summed E-state index contributed by atoms with van der Waals surface area (Å²) in [4.78, 5) is 24.7. The van der Waals surface area contributed by atoms with Crippen molar-refractivity contribution >= 4 is 23.4 Å². The van der Waals surface area contributed by atoms with E-state index in [-0.39, 0.29) is 23.5 Å². The van der Waals surface area contributed by atoms with Crippen LogP contribution in [0.4, 0.5) is 15.8 Å². The van der Waals surface area contributed by atoms with Crippen LogP contribution in [-0.2, 0) is 11.2 Å². The number of non-ortho nitro benzene ring substituents is 1. The zero-order valence-electron chi connectivity index (χ0n) is 13.7. The van der Waals surface area contributed by atoms with E-state index in [1.165, 1.54) is 30.3 Å². The molecule has 128 valence electrons. The third-order valence-electron chi connectivity index (χ3n) is 4.31. The van der Waals surface area contributed by atoms with Gasteiger partial charge in [-0.25, -0.2) is 4.39 Å². The third-order valence-corrected chi connectivity index (χ3v) is 4.31. The van der Waals surface area contributed by atoms with Crippen LogP contribution >= 0.6 is 0 Å². The quantitative estimate of drug-likeness (QED) is 0.480. The summed E-state index contributed by atoms with van der Waals surface area (Å²) in [6.07, 6.45) is 4.44. The largest absolute Gasteiger partial charge is 0.306 e. The number of nitro benzene ring substituents is 1. The highest BCUT2D eigenvalue weighted by atomic mass is 19.1. The number of fused-ring (bicyclic) bond motifs is 1. The van der Waals surface area contributed by atoms with Crippen molar-refractivity contribution in [1.29, 1.82) is 0 Å². The molecule has 3 rings (SSSR count). The molecule has 0 fully saturated rings. The highest BCUT2D eigenvalue weighted by molar-refractivity contribution is 6.05. The van der Waals surface area contributed by atoms with Crippen molar-refractivity contribution in [3.05, 3.63) is 75.6 Å². The van der Waals surface area contributed by atoms with Crippen molar-refractivity contribution < 1.29 is 14.1 Å². The van der Waals surface area contributed by atoms with E-state index in [2.05, 4.69) is 0 Å². The van der Waals surface area contributed by atoms with Crippen molar-refractivity contribution in [3.8, 4) is 0 Å². The molecule has 6 heteroatoms. The number of hydrogen-bond acceptors (Lipinski definition) is 3. The molecule has 2 aromatic carbocycles. The second-order valence-electron chi connectivity index (χ2n) is 6.05. The summed E-state index contributed by atoms with van der Waals surface area (Å²) in [6, 6.07) is 10.5. The van der Waals surface area contributed by atoms with E-state index in [0.29, 0.717) is 11.3 Å². The number of hydrogen-bond donors (Lipinski definition) is 0. The van der Waals surface area contributed by atoms with Crippen molar-refractivity contribution in [3.63, 3.8) is 0 Å². The number of halogens is 1. The standard InChI is InChI=1S/C19H17FN2O3/c1-13-5-7-15-12-16(20)8-9-18(15)21(13)19(23)10-6-14-3-2-4-17(11-14)22(24)25/h2-4,6,8-13H,5,7H2,1H3/b10-6+. The molecule has 1 atom stereocenters. The minimum Gasteiger partial charge on any atom is -0.306 e. The van der Waals surface area contributed by atoms with E-state index in [0.717, 1.165) is 18.4 Å². The number of nitrogens with zero attached hydrogens (tertiary/aromatic N) is 2. The van der Waals surface area contributed by atoms with Crippen LogP contribution in [0.1, 0.15) is 24.5 Å². The van der Waals surface area contributed by atoms with Crippen LogP contribution in [0.15, 0.2) is 48.5 Å². The summed E-state index contributed by atoms with van der Waals surface area (Å²) in [6.45, 7) is 1.95. The number of benzene rings is 2. The van der Waals surface area contributed by atoms with Crippen molar-refractivity contribution in [2.75, 3.05) is 4.90 Å². The highest BCUT2D eigenvalue weighted by Gasteiger charge is 2.27. The minimum absolute atomic E-state index is 0.000204. The molecule has 1 heterocycles. The SMILES string of the molecule is CC1CCc2cc(F)ccc2N1C(=O)/C=C/c1cccc([N+](=O)[O-])c1.